The molecule has 2 aliphatic carbocycles. The number of phenolic OH excluding ortho intramolecular Hbond substituents is 2. The average molecular weight is 412 g/mol. The van der Waals surface area contributed by atoms with Crippen LogP contribution < -0.4 is 5.73 Å². The van der Waals surface area contributed by atoms with Gasteiger partial charge in [-0.25, -0.2) is 0 Å². The number of rotatable bonds is 2. The van der Waals surface area contributed by atoms with Gasteiger partial charge in [-0.2, -0.15) is 0 Å². The molecule has 10 nitrogen and oxygen atoms in total. The van der Waals surface area contributed by atoms with Crippen LogP contribution in [-0.4, -0.2) is 56.3 Å². The fourth-order valence-electron chi connectivity index (χ4n) is 4.18. The lowest BCUT2D eigenvalue weighted by molar-refractivity contribution is -0.134. The Balaban J connectivity index is 2.05. The fourth-order valence-corrected chi connectivity index (χ4v) is 4.18. The number of hydrogen-bond donors (Lipinski definition) is 5. The second kappa shape index (κ2) is 6.29. The molecule has 2 atom stereocenters. The molecular formula is C20H16N2O8. The van der Waals surface area contributed by atoms with Crippen molar-refractivity contribution in [3.8, 4) is 11.5 Å². The molecule has 154 valence electrons. The van der Waals surface area contributed by atoms with Gasteiger partial charge in [-0.1, -0.05) is 17.3 Å². The number of ketones is 2. The molecule has 0 radical (unpaired) electrons. The number of Topliss-reactive ketones (excluding diaryl/α,β-unsaturated/α-hetero) is 2. The fraction of sp³-hybridized carbons (Fsp3) is 0.200. The Bertz CT molecular complexity index is 1230. The zero-order valence-electron chi connectivity index (χ0n) is 15.5. The summed E-state index contributed by atoms with van der Waals surface area (Å²) >= 11 is 0. The van der Waals surface area contributed by atoms with Gasteiger partial charge >= 0.3 is 0 Å². The topological polar surface area (TPSA) is 180 Å². The van der Waals surface area contributed by atoms with Gasteiger partial charge in [-0.05, 0) is 29.5 Å². The van der Waals surface area contributed by atoms with Crippen molar-refractivity contribution in [1.29, 1.82) is 0 Å². The maximum absolute atomic E-state index is 13.3. The number of allylic oxidation sites excluding steroid dienone is 1. The van der Waals surface area contributed by atoms with Crippen LogP contribution in [-0.2, 0) is 20.8 Å². The smallest absolute Gasteiger partial charge is 0.256 e. The highest BCUT2D eigenvalue weighted by Gasteiger charge is 2.62. The first-order chi connectivity index (χ1) is 14.1. The molecule has 2 aromatic rings. The summed E-state index contributed by atoms with van der Waals surface area (Å²) in [6, 6.07) is 5.96. The number of oxime groups is 1. The molecule has 6 N–H and O–H groups in total. The van der Waals surface area contributed by atoms with Gasteiger partial charge in [-0.15, -0.1) is 0 Å². The number of aromatic hydroxyl groups is 2. The summed E-state index contributed by atoms with van der Waals surface area (Å²) in [5.41, 5.74) is 0.783. The minimum Gasteiger partial charge on any atom is -0.507 e. The number of primary amides is 1. The largest absolute Gasteiger partial charge is 0.507 e. The van der Waals surface area contributed by atoms with E-state index in [-0.39, 0.29) is 28.7 Å². The van der Waals surface area contributed by atoms with Crippen molar-refractivity contribution in [2.45, 2.75) is 12.0 Å². The molecule has 0 saturated heterocycles. The van der Waals surface area contributed by atoms with Gasteiger partial charge in [0.2, 0.25) is 11.6 Å². The van der Waals surface area contributed by atoms with E-state index < -0.39 is 51.8 Å². The van der Waals surface area contributed by atoms with Crippen LogP contribution in [0.4, 0.5) is 0 Å². The molecular weight excluding hydrogens is 396 g/mol. The number of carbonyl (C=O) groups excluding carboxylic acids is 3. The Morgan fingerprint density at radius 1 is 1.23 bits per heavy atom. The van der Waals surface area contributed by atoms with Crippen molar-refractivity contribution >= 4 is 34.0 Å². The van der Waals surface area contributed by atoms with Crippen LogP contribution in [0.15, 0.2) is 40.8 Å². The summed E-state index contributed by atoms with van der Waals surface area (Å²) in [6.45, 7) is 0. The van der Waals surface area contributed by atoms with E-state index in [1.54, 1.807) is 12.1 Å². The summed E-state index contributed by atoms with van der Waals surface area (Å²) in [4.78, 5) is 42.7. The zero-order chi connectivity index (χ0) is 22.0. The van der Waals surface area contributed by atoms with Crippen LogP contribution in [0.5, 0.6) is 11.5 Å². The number of benzene rings is 2. The Morgan fingerprint density at radius 3 is 2.57 bits per heavy atom. The summed E-state index contributed by atoms with van der Waals surface area (Å²) in [5, 5.41) is 46.4. The van der Waals surface area contributed by atoms with Gasteiger partial charge in [0.15, 0.2) is 11.4 Å². The number of nitrogens with zero attached hydrogens (tertiary/aromatic N) is 1. The third kappa shape index (κ3) is 2.28. The van der Waals surface area contributed by atoms with Crippen molar-refractivity contribution in [2.75, 3.05) is 7.11 Å². The lowest BCUT2D eigenvalue weighted by Crippen LogP contribution is -2.62. The number of aliphatic hydroxyl groups excluding tert-OH is 1. The Labute approximate surface area is 168 Å². The molecule has 0 saturated carbocycles. The van der Waals surface area contributed by atoms with Crippen molar-refractivity contribution in [3.63, 3.8) is 0 Å². The molecule has 0 fully saturated rings. The predicted octanol–water partition coefficient (Wildman–Crippen LogP) is 0.220. The maximum Gasteiger partial charge on any atom is 0.256 e. The third-order valence-corrected chi connectivity index (χ3v) is 5.52. The second-order valence-electron chi connectivity index (χ2n) is 7.06. The number of fused-ring (bicyclic) bond motifs is 3. The van der Waals surface area contributed by atoms with E-state index in [2.05, 4.69) is 9.99 Å². The van der Waals surface area contributed by atoms with Crippen LogP contribution in [0, 0.1) is 5.92 Å². The first-order valence-electron chi connectivity index (χ1n) is 8.77. The second-order valence-corrected chi connectivity index (χ2v) is 7.06. The van der Waals surface area contributed by atoms with Crippen molar-refractivity contribution in [2.24, 2.45) is 16.8 Å². The highest BCUT2D eigenvalue weighted by molar-refractivity contribution is 6.38. The summed E-state index contributed by atoms with van der Waals surface area (Å²) < 4.78 is 0. The van der Waals surface area contributed by atoms with Crippen molar-refractivity contribution < 1.29 is 39.6 Å². The minimum absolute atomic E-state index is 0.0331. The van der Waals surface area contributed by atoms with Gasteiger partial charge < -0.3 is 31.0 Å². The van der Waals surface area contributed by atoms with Crippen LogP contribution in [0.2, 0.25) is 0 Å². The van der Waals surface area contributed by atoms with E-state index in [0.29, 0.717) is 5.39 Å². The normalized spacial score (nSPS) is 24.7. The Hall–Kier alpha value is -3.92. The lowest BCUT2D eigenvalue weighted by Gasteiger charge is -2.41. The van der Waals surface area contributed by atoms with Gasteiger partial charge in [0.05, 0.1) is 16.9 Å². The average Bonchev–Trinajstić information content (AvgIpc) is 2.67. The van der Waals surface area contributed by atoms with Crippen LogP contribution in [0.25, 0.3) is 10.8 Å². The van der Waals surface area contributed by atoms with Crippen molar-refractivity contribution in [3.05, 3.63) is 46.7 Å². The standard InChI is InChI=1S/C20H16N2O8/c1-30-22-14-9-6-8-5-7-3-2-4-10(23)11(7)15(24)12(8)17(26)20(9,29)18(27)13(16(14)25)19(21)28/h2-5,9,23-25,29H,6H2,1H3,(H2,21,28)/b22-14-/t9-,20-/m0/s1. The van der Waals surface area contributed by atoms with E-state index >= 15 is 0 Å². The van der Waals surface area contributed by atoms with E-state index in [1.807, 2.05) is 0 Å². The predicted molar refractivity (Wildman–Crippen MR) is 102 cm³/mol. The molecule has 0 bridgehead atoms. The quantitative estimate of drug-likeness (QED) is 0.264. The Kier molecular flexibility index (Phi) is 4.07. The number of phenols is 2. The SMILES string of the molecule is CO/N=C1\C(O)=C(C(N)=O)C(=O)[C@@]2(O)C(=O)c3c(cc4cccc(O)c4c3O)C[C@@H]12. The van der Waals surface area contributed by atoms with Gasteiger partial charge in [0.25, 0.3) is 5.91 Å². The van der Waals surface area contributed by atoms with E-state index in [9.17, 15) is 34.8 Å². The summed E-state index contributed by atoms with van der Waals surface area (Å²) in [5.74, 6) is -7.19. The molecule has 2 aromatic carbocycles. The molecule has 30 heavy (non-hydrogen) atoms. The van der Waals surface area contributed by atoms with Gasteiger partial charge in [-0.3, -0.25) is 14.4 Å². The molecule has 0 aromatic heterocycles. The third-order valence-electron chi connectivity index (χ3n) is 5.52. The molecule has 0 heterocycles. The number of nitrogens with two attached hydrogens (primary N) is 1. The van der Waals surface area contributed by atoms with Gasteiger partial charge in [0.1, 0.15) is 29.9 Å². The summed E-state index contributed by atoms with van der Waals surface area (Å²) in [6.07, 6.45) is -0.208. The Morgan fingerprint density at radius 2 is 1.93 bits per heavy atom. The van der Waals surface area contributed by atoms with E-state index in [1.165, 1.54) is 12.1 Å². The molecule has 10 heteroatoms. The van der Waals surface area contributed by atoms with Gasteiger partial charge in [0, 0.05) is 0 Å². The maximum atomic E-state index is 13.3. The summed E-state index contributed by atoms with van der Waals surface area (Å²) in [7, 11) is 1.14. The van der Waals surface area contributed by atoms with E-state index in [0.717, 1.165) is 7.11 Å². The van der Waals surface area contributed by atoms with Crippen molar-refractivity contribution in [1.82, 2.24) is 0 Å². The molecule has 0 aliphatic heterocycles. The molecule has 2 aliphatic rings. The number of aliphatic hydroxyl groups is 2. The highest BCUT2D eigenvalue weighted by Crippen LogP contribution is 2.47. The molecule has 4 rings (SSSR count). The van der Waals surface area contributed by atoms with E-state index in [4.69, 9.17) is 5.73 Å². The first kappa shape index (κ1) is 19.4. The monoisotopic (exact) mass is 412 g/mol. The molecule has 0 unspecified atom stereocenters. The zero-order valence-corrected chi connectivity index (χ0v) is 15.5. The first-order valence-corrected chi connectivity index (χ1v) is 8.77. The number of carbonyl (C=O) groups is 3. The number of hydrogen-bond acceptors (Lipinski definition) is 9. The highest BCUT2D eigenvalue weighted by atomic mass is 16.6. The number of amides is 1. The molecule has 1 amide bonds. The van der Waals surface area contributed by atoms with Crippen LogP contribution in [0.3, 0.4) is 0 Å². The lowest BCUT2D eigenvalue weighted by atomic mass is 9.62. The molecule has 0 spiro atoms. The van der Waals surface area contributed by atoms with Crippen LogP contribution >= 0.6 is 0 Å². The van der Waals surface area contributed by atoms with Crippen LogP contribution in [0.1, 0.15) is 15.9 Å². The minimum atomic E-state index is -2.86.